The molecule has 1 heterocycles. The zero-order chi connectivity index (χ0) is 12.4. The van der Waals surface area contributed by atoms with Gasteiger partial charge in [0.25, 0.3) is 5.91 Å². The van der Waals surface area contributed by atoms with Gasteiger partial charge < -0.3 is 10.6 Å². The minimum atomic E-state index is -0.0482. The van der Waals surface area contributed by atoms with E-state index < -0.39 is 0 Å². The van der Waals surface area contributed by atoms with Gasteiger partial charge in [-0.3, -0.25) is 4.79 Å². The molecule has 92 valence electrons. The largest absolute Gasteiger partial charge is 0.384 e. The van der Waals surface area contributed by atoms with Crippen molar-refractivity contribution in [3.63, 3.8) is 0 Å². The topological polar surface area (TPSA) is 59.2 Å². The summed E-state index contributed by atoms with van der Waals surface area (Å²) in [6.07, 6.45) is 3.72. The molecule has 1 aromatic heterocycles. The van der Waals surface area contributed by atoms with Gasteiger partial charge in [0.05, 0.1) is 0 Å². The van der Waals surface area contributed by atoms with Crippen LogP contribution >= 0.6 is 11.6 Å². The van der Waals surface area contributed by atoms with Crippen LogP contribution in [-0.4, -0.2) is 29.4 Å². The lowest BCUT2D eigenvalue weighted by Gasteiger charge is -2.30. The van der Waals surface area contributed by atoms with E-state index in [1.165, 1.54) is 19.3 Å². The Labute approximate surface area is 106 Å². The maximum absolute atomic E-state index is 12.1. The molecule has 0 bridgehead atoms. The van der Waals surface area contributed by atoms with Gasteiger partial charge in [0, 0.05) is 19.2 Å². The number of amides is 1. The lowest BCUT2D eigenvalue weighted by molar-refractivity contribution is 0.0745. The van der Waals surface area contributed by atoms with Gasteiger partial charge in [-0.05, 0) is 30.9 Å². The first-order chi connectivity index (χ1) is 8.06. The first kappa shape index (κ1) is 12.2. The lowest BCUT2D eigenvalue weighted by atomic mass is 9.85. The van der Waals surface area contributed by atoms with Crippen LogP contribution in [-0.2, 0) is 0 Å². The fourth-order valence-electron chi connectivity index (χ4n) is 2.01. The zero-order valence-corrected chi connectivity index (χ0v) is 10.6. The van der Waals surface area contributed by atoms with Gasteiger partial charge in [0.1, 0.15) is 11.0 Å². The Morgan fingerprint density at radius 3 is 2.82 bits per heavy atom. The SMILES string of the molecule is CN(CC1CCC1)C(=O)c1cc(N)nc(Cl)c1. The minimum absolute atomic E-state index is 0.0482. The monoisotopic (exact) mass is 253 g/mol. The van der Waals surface area contributed by atoms with Crippen LogP contribution < -0.4 is 5.73 Å². The summed E-state index contributed by atoms with van der Waals surface area (Å²) in [6, 6.07) is 3.11. The number of pyridine rings is 1. The van der Waals surface area contributed by atoms with Gasteiger partial charge in [-0.2, -0.15) is 0 Å². The molecule has 5 heteroatoms. The molecule has 2 rings (SSSR count). The number of hydrogen-bond acceptors (Lipinski definition) is 3. The third-order valence-electron chi connectivity index (χ3n) is 3.16. The number of halogens is 1. The Balaban J connectivity index is 2.06. The molecule has 0 aromatic carbocycles. The summed E-state index contributed by atoms with van der Waals surface area (Å²) < 4.78 is 0. The van der Waals surface area contributed by atoms with E-state index >= 15 is 0 Å². The maximum atomic E-state index is 12.1. The summed E-state index contributed by atoms with van der Waals surface area (Å²) in [5, 5.41) is 0.255. The molecule has 0 spiro atoms. The Bertz CT molecular complexity index is 412. The molecule has 1 aliphatic rings. The molecule has 1 aliphatic carbocycles. The van der Waals surface area contributed by atoms with E-state index in [0.717, 1.165) is 6.54 Å². The number of rotatable bonds is 3. The van der Waals surface area contributed by atoms with Crippen LogP contribution in [0.4, 0.5) is 5.82 Å². The van der Waals surface area contributed by atoms with Crippen LogP contribution in [0.15, 0.2) is 12.1 Å². The van der Waals surface area contributed by atoms with Gasteiger partial charge in [-0.15, -0.1) is 0 Å². The van der Waals surface area contributed by atoms with Crippen LogP contribution in [0.25, 0.3) is 0 Å². The number of carbonyl (C=O) groups is 1. The summed E-state index contributed by atoms with van der Waals surface area (Å²) in [6.45, 7) is 0.804. The van der Waals surface area contributed by atoms with Crippen LogP contribution in [0.2, 0.25) is 5.15 Å². The Morgan fingerprint density at radius 1 is 1.59 bits per heavy atom. The second-order valence-corrected chi connectivity index (χ2v) is 4.97. The number of anilines is 1. The van der Waals surface area contributed by atoms with E-state index in [0.29, 0.717) is 11.5 Å². The number of hydrogen-bond donors (Lipinski definition) is 1. The highest BCUT2D eigenvalue weighted by atomic mass is 35.5. The van der Waals surface area contributed by atoms with Crippen LogP contribution in [0.1, 0.15) is 29.6 Å². The van der Waals surface area contributed by atoms with Crippen molar-refractivity contribution in [1.82, 2.24) is 9.88 Å². The third kappa shape index (κ3) is 2.88. The molecule has 1 amide bonds. The lowest BCUT2D eigenvalue weighted by Crippen LogP contribution is -2.34. The standard InChI is InChI=1S/C12H16ClN3O/c1-16(7-8-3-2-4-8)12(17)9-5-10(13)15-11(14)6-9/h5-6,8H,2-4,7H2,1H3,(H2,14,15). The summed E-state index contributed by atoms with van der Waals surface area (Å²) in [7, 11) is 1.81. The van der Waals surface area contributed by atoms with Gasteiger partial charge in [-0.1, -0.05) is 18.0 Å². The Kier molecular flexibility index (Phi) is 3.52. The molecule has 17 heavy (non-hydrogen) atoms. The fourth-order valence-corrected chi connectivity index (χ4v) is 2.22. The molecule has 0 saturated heterocycles. The van der Waals surface area contributed by atoms with Crippen molar-refractivity contribution in [2.45, 2.75) is 19.3 Å². The normalized spacial score (nSPS) is 15.4. The van der Waals surface area contributed by atoms with Gasteiger partial charge in [-0.25, -0.2) is 4.98 Å². The molecular weight excluding hydrogens is 238 g/mol. The van der Waals surface area contributed by atoms with E-state index in [1.54, 1.807) is 17.0 Å². The molecule has 0 unspecified atom stereocenters. The second-order valence-electron chi connectivity index (χ2n) is 4.59. The van der Waals surface area contributed by atoms with E-state index in [-0.39, 0.29) is 16.9 Å². The molecule has 0 atom stereocenters. The highest BCUT2D eigenvalue weighted by molar-refractivity contribution is 6.29. The summed E-state index contributed by atoms with van der Waals surface area (Å²) in [4.78, 5) is 17.7. The Morgan fingerprint density at radius 2 is 2.29 bits per heavy atom. The molecule has 2 N–H and O–H groups in total. The molecule has 1 fully saturated rings. The average Bonchev–Trinajstić information content (AvgIpc) is 2.20. The van der Waals surface area contributed by atoms with Crippen molar-refractivity contribution in [1.29, 1.82) is 0 Å². The molecular formula is C12H16ClN3O. The predicted molar refractivity (Wildman–Crippen MR) is 68.0 cm³/mol. The number of nitrogen functional groups attached to an aromatic ring is 1. The second kappa shape index (κ2) is 4.92. The van der Waals surface area contributed by atoms with Crippen molar-refractivity contribution in [3.05, 3.63) is 22.8 Å². The minimum Gasteiger partial charge on any atom is -0.384 e. The van der Waals surface area contributed by atoms with Crippen molar-refractivity contribution in [3.8, 4) is 0 Å². The molecule has 0 aliphatic heterocycles. The van der Waals surface area contributed by atoms with Crippen LogP contribution in [0.3, 0.4) is 0 Å². The molecule has 0 radical (unpaired) electrons. The van der Waals surface area contributed by atoms with Crippen LogP contribution in [0.5, 0.6) is 0 Å². The maximum Gasteiger partial charge on any atom is 0.253 e. The van der Waals surface area contributed by atoms with Crippen molar-refractivity contribution >= 4 is 23.3 Å². The fraction of sp³-hybridized carbons (Fsp3) is 0.500. The molecule has 1 saturated carbocycles. The van der Waals surface area contributed by atoms with Crippen molar-refractivity contribution in [2.24, 2.45) is 5.92 Å². The highest BCUT2D eigenvalue weighted by Gasteiger charge is 2.22. The summed E-state index contributed by atoms with van der Waals surface area (Å²) in [5.74, 6) is 0.879. The van der Waals surface area contributed by atoms with E-state index in [4.69, 9.17) is 17.3 Å². The Hall–Kier alpha value is -1.29. The number of aromatic nitrogens is 1. The number of carbonyl (C=O) groups excluding carboxylic acids is 1. The first-order valence-corrected chi connectivity index (χ1v) is 6.12. The van der Waals surface area contributed by atoms with Gasteiger partial charge in [0.15, 0.2) is 0 Å². The van der Waals surface area contributed by atoms with Crippen LogP contribution in [0, 0.1) is 5.92 Å². The summed E-state index contributed by atoms with van der Waals surface area (Å²) >= 11 is 5.78. The van der Waals surface area contributed by atoms with E-state index in [1.807, 2.05) is 7.05 Å². The number of nitrogens with zero attached hydrogens (tertiary/aromatic N) is 2. The number of nitrogens with two attached hydrogens (primary N) is 1. The van der Waals surface area contributed by atoms with E-state index in [9.17, 15) is 4.79 Å². The molecule has 1 aromatic rings. The quantitative estimate of drug-likeness (QED) is 0.840. The van der Waals surface area contributed by atoms with E-state index in [2.05, 4.69) is 4.98 Å². The predicted octanol–water partition coefficient (Wildman–Crippen LogP) is 2.19. The average molecular weight is 254 g/mol. The van der Waals surface area contributed by atoms with Gasteiger partial charge >= 0.3 is 0 Å². The van der Waals surface area contributed by atoms with Crippen molar-refractivity contribution < 1.29 is 4.79 Å². The third-order valence-corrected chi connectivity index (χ3v) is 3.36. The summed E-state index contributed by atoms with van der Waals surface area (Å²) in [5.41, 5.74) is 6.07. The smallest absolute Gasteiger partial charge is 0.253 e. The molecule has 4 nitrogen and oxygen atoms in total. The first-order valence-electron chi connectivity index (χ1n) is 5.75. The zero-order valence-electron chi connectivity index (χ0n) is 9.82. The highest BCUT2D eigenvalue weighted by Crippen LogP contribution is 2.27. The van der Waals surface area contributed by atoms with Crippen molar-refractivity contribution in [2.75, 3.05) is 19.3 Å². The van der Waals surface area contributed by atoms with Gasteiger partial charge in [0.2, 0.25) is 0 Å².